The SMILES string of the molecule is CC[C@@H](CC(O)[C@@H](C)[C@H]1CC[C@H]2[C@@H]3[C@H](O)C=C4C[C@@H](O)CC[C@]4(C)[C@H]3CC[C@]12C)C(C)C. The summed E-state index contributed by atoms with van der Waals surface area (Å²) in [7, 11) is 0. The number of rotatable bonds is 6. The van der Waals surface area contributed by atoms with Gasteiger partial charge in [-0.25, -0.2) is 0 Å². The van der Waals surface area contributed by atoms with Gasteiger partial charge in [-0.3, -0.25) is 0 Å². The third kappa shape index (κ3) is 3.93. The largest absolute Gasteiger partial charge is 0.393 e. The molecule has 3 nitrogen and oxygen atoms in total. The molecular formula is C29H50O3. The van der Waals surface area contributed by atoms with Crippen molar-refractivity contribution in [1.29, 1.82) is 0 Å². The van der Waals surface area contributed by atoms with Crippen LogP contribution >= 0.6 is 0 Å². The normalized spacial score (nSPS) is 46.6. The molecule has 4 aliphatic rings. The molecule has 0 aromatic heterocycles. The van der Waals surface area contributed by atoms with Crippen LogP contribution in [-0.2, 0) is 0 Å². The lowest BCUT2D eigenvalue weighted by Gasteiger charge is -2.59. The molecule has 184 valence electrons. The number of hydrogen-bond donors (Lipinski definition) is 3. The van der Waals surface area contributed by atoms with Gasteiger partial charge in [0.05, 0.1) is 18.3 Å². The smallest absolute Gasteiger partial charge is 0.0757 e. The molecular weight excluding hydrogens is 396 g/mol. The van der Waals surface area contributed by atoms with Gasteiger partial charge in [-0.1, -0.05) is 59.6 Å². The van der Waals surface area contributed by atoms with Crippen LogP contribution in [0.25, 0.3) is 0 Å². The van der Waals surface area contributed by atoms with E-state index in [4.69, 9.17) is 0 Å². The van der Waals surface area contributed by atoms with Crippen molar-refractivity contribution in [1.82, 2.24) is 0 Å². The zero-order valence-corrected chi connectivity index (χ0v) is 21.6. The molecule has 0 heterocycles. The van der Waals surface area contributed by atoms with Crippen molar-refractivity contribution in [3.8, 4) is 0 Å². The molecule has 3 N–H and O–H groups in total. The summed E-state index contributed by atoms with van der Waals surface area (Å²) >= 11 is 0. The van der Waals surface area contributed by atoms with E-state index in [0.717, 1.165) is 32.1 Å². The van der Waals surface area contributed by atoms with E-state index in [1.54, 1.807) is 0 Å². The van der Waals surface area contributed by atoms with Gasteiger partial charge >= 0.3 is 0 Å². The van der Waals surface area contributed by atoms with Gasteiger partial charge in [-0.2, -0.15) is 0 Å². The predicted molar refractivity (Wildman–Crippen MR) is 131 cm³/mol. The van der Waals surface area contributed by atoms with Gasteiger partial charge < -0.3 is 15.3 Å². The van der Waals surface area contributed by atoms with Crippen molar-refractivity contribution in [3.63, 3.8) is 0 Å². The third-order valence-corrected chi connectivity index (χ3v) is 11.4. The van der Waals surface area contributed by atoms with E-state index < -0.39 is 0 Å². The van der Waals surface area contributed by atoms with Crippen LogP contribution in [0.2, 0.25) is 0 Å². The second kappa shape index (κ2) is 9.00. The highest BCUT2D eigenvalue weighted by Gasteiger charge is 2.61. The first kappa shape index (κ1) is 24.7. The van der Waals surface area contributed by atoms with E-state index in [0.29, 0.717) is 41.4 Å². The molecule has 0 bridgehead atoms. The van der Waals surface area contributed by atoms with Crippen molar-refractivity contribution >= 4 is 0 Å². The van der Waals surface area contributed by atoms with Crippen molar-refractivity contribution in [2.45, 2.75) is 118 Å². The van der Waals surface area contributed by atoms with Crippen molar-refractivity contribution in [3.05, 3.63) is 11.6 Å². The summed E-state index contributed by atoms with van der Waals surface area (Å²) in [4.78, 5) is 0. The van der Waals surface area contributed by atoms with Crippen LogP contribution in [0.15, 0.2) is 11.6 Å². The second-order valence-corrected chi connectivity index (χ2v) is 13.1. The lowest BCUT2D eigenvalue weighted by Crippen LogP contribution is -2.55. The highest BCUT2D eigenvalue weighted by Crippen LogP contribution is 2.67. The molecule has 3 saturated carbocycles. The van der Waals surface area contributed by atoms with Gasteiger partial charge in [0.15, 0.2) is 0 Å². The maximum absolute atomic E-state index is 11.3. The third-order valence-electron chi connectivity index (χ3n) is 11.4. The average molecular weight is 447 g/mol. The van der Waals surface area contributed by atoms with Crippen LogP contribution in [0, 0.1) is 52.3 Å². The Kier molecular flexibility index (Phi) is 6.96. The molecule has 0 saturated heterocycles. The van der Waals surface area contributed by atoms with Crippen molar-refractivity contribution < 1.29 is 15.3 Å². The Balaban J connectivity index is 1.55. The maximum atomic E-state index is 11.3. The number of aliphatic hydroxyl groups is 3. The summed E-state index contributed by atoms with van der Waals surface area (Å²) in [6, 6.07) is 0. The Bertz CT molecular complexity index is 701. The molecule has 1 unspecified atom stereocenters. The molecule has 3 heteroatoms. The minimum absolute atomic E-state index is 0.152. The Morgan fingerprint density at radius 1 is 1.00 bits per heavy atom. The fourth-order valence-electron chi connectivity index (χ4n) is 9.24. The Morgan fingerprint density at radius 3 is 2.38 bits per heavy atom. The highest BCUT2D eigenvalue weighted by atomic mass is 16.3. The zero-order chi connectivity index (χ0) is 23.4. The van der Waals surface area contributed by atoms with Crippen LogP contribution in [0.5, 0.6) is 0 Å². The standard InChI is InChI=1S/C29H50O3/c1-7-19(17(2)3)14-25(31)18(4)22-8-9-23-27-24(11-13-29(22,23)6)28(5)12-10-21(30)15-20(28)16-26(27)32/h16-19,21-27,30-32H,7-15H2,1-6H3/t18-,19-,21-,22+,23-,24-,25?,26+,27-,28-,29+/m0/s1. The van der Waals surface area contributed by atoms with Gasteiger partial charge in [-0.15, -0.1) is 0 Å². The Morgan fingerprint density at radius 2 is 1.72 bits per heavy atom. The molecule has 0 amide bonds. The molecule has 4 rings (SSSR count). The van der Waals surface area contributed by atoms with E-state index in [1.165, 1.54) is 31.3 Å². The predicted octanol–water partition coefficient (Wildman–Crippen LogP) is 5.97. The quantitative estimate of drug-likeness (QED) is 0.441. The molecule has 4 aliphatic carbocycles. The fourth-order valence-corrected chi connectivity index (χ4v) is 9.24. The monoisotopic (exact) mass is 446 g/mol. The summed E-state index contributed by atoms with van der Waals surface area (Å²) in [5.41, 5.74) is 1.70. The van der Waals surface area contributed by atoms with Crippen molar-refractivity contribution in [2.75, 3.05) is 0 Å². The second-order valence-electron chi connectivity index (χ2n) is 13.1. The Hall–Kier alpha value is -0.380. The van der Waals surface area contributed by atoms with Gasteiger partial charge in [0.25, 0.3) is 0 Å². The number of fused-ring (bicyclic) bond motifs is 5. The fraction of sp³-hybridized carbons (Fsp3) is 0.931. The molecule has 0 spiro atoms. The molecule has 3 fully saturated rings. The van der Waals surface area contributed by atoms with E-state index in [-0.39, 0.29) is 29.1 Å². The molecule has 11 atom stereocenters. The zero-order valence-electron chi connectivity index (χ0n) is 21.6. The highest BCUT2D eigenvalue weighted by molar-refractivity contribution is 5.28. The van der Waals surface area contributed by atoms with Gasteiger partial charge in [0.2, 0.25) is 0 Å². The first-order chi connectivity index (χ1) is 15.0. The summed E-state index contributed by atoms with van der Waals surface area (Å²) < 4.78 is 0. The lowest BCUT2D eigenvalue weighted by atomic mass is 9.46. The van der Waals surface area contributed by atoms with E-state index in [1.807, 2.05) is 0 Å². The maximum Gasteiger partial charge on any atom is 0.0757 e. The van der Waals surface area contributed by atoms with Crippen LogP contribution < -0.4 is 0 Å². The summed E-state index contributed by atoms with van der Waals surface area (Å²) in [5, 5.41) is 32.9. The van der Waals surface area contributed by atoms with Gasteiger partial charge in [0, 0.05) is 0 Å². The van der Waals surface area contributed by atoms with E-state index in [9.17, 15) is 15.3 Å². The molecule has 0 radical (unpaired) electrons. The molecule has 0 aromatic carbocycles. The van der Waals surface area contributed by atoms with Crippen molar-refractivity contribution in [2.24, 2.45) is 52.3 Å². The Labute approximate surface area is 197 Å². The van der Waals surface area contributed by atoms with Crippen LogP contribution in [0.4, 0.5) is 0 Å². The minimum Gasteiger partial charge on any atom is -0.393 e. The first-order valence-electron chi connectivity index (χ1n) is 13.8. The topological polar surface area (TPSA) is 60.7 Å². The molecule has 32 heavy (non-hydrogen) atoms. The van der Waals surface area contributed by atoms with E-state index >= 15 is 0 Å². The summed E-state index contributed by atoms with van der Waals surface area (Å²) in [6.45, 7) is 14.1. The minimum atomic E-state index is -0.373. The molecule has 0 aliphatic heterocycles. The summed E-state index contributed by atoms with van der Waals surface area (Å²) in [5.74, 6) is 3.51. The number of aliphatic hydroxyl groups excluding tert-OH is 3. The first-order valence-corrected chi connectivity index (χ1v) is 13.8. The van der Waals surface area contributed by atoms with E-state index in [2.05, 4.69) is 47.6 Å². The average Bonchev–Trinajstić information content (AvgIpc) is 3.09. The molecule has 0 aromatic rings. The number of hydrogen-bond acceptors (Lipinski definition) is 3. The van der Waals surface area contributed by atoms with Crippen LogP contribution in [-0.4, -0.2) is 33.6 Å². The van der Waals surface area contributed by atoms with Gasteiger partial charge in [-0.05, 0) is 104 Å². The van der Waals surface area contributed by atoms with Gasteiger partial charge in [0.1, 0.15) is 0 Å². The van der Waals surface area contributed by atoms with Crippen LogP contribution in [0.3, 0.4) is 0 Å². The summed E-state index contributed by atoms with van der Waals surface area (Å²) in [6.07, 6.45) is 10.9. The van der Waals surface area contributed by atoms with Crippen LogP contribution in [0.1, 0.15) is 99.3 Å². The lowest BCUT2D eigenvalue weighted by molar-refractivity contribution is -0.103.